The van der Waals surface area contributed by atoms with Crippen molar-refractivity contribution >= 4 is 33.5 Å². The molecule has 2 aromatic rings. The summed E-state index contributed by atoms with van der Waals surface area (Å²) in [6.07, 6.45) is 4.41. The summed E-state index contributed by atoms with van der Waals surface area (Å²) in [5.41, 5.74) is 1.74. The molecule has 7 heteroatoms. The van der Waals surface area contributed by atoms with E-state index in [1.54, 1.807) is 18.5 Å². The van der Waals surface area contributed by atoms with Gasteiger partial charge in [0.25, 0.3) is 0 Å². The number of nitrogens with zero attached hydrogens (tertiary/aromatic N) is 2. The minimum atomic E-state index is -0.334. The largest absolute Gasteiger partial charge is 0.324 e. The third kappa shape index (κ3) is 2.82. The molecule has 0 spiro atoms. The van der Waals surface area contributed by atoms with Crippen molar-refractivity contribution in [3.05, 3.63) is 34.7 Å². The van der Waals surface area contributed by atoms with Crippen molar-refractivity contribution in [3.8, 4) is 0 Å². The van der Waals surface area contributed by atoms with Gasteiger partial charge in [-0.25, -0.2) is 4.79 Å². The van der Waals surface area contributed by atoms with E-state index in [1.165, 1.54) is 6.42 Å². The van der Waals surface area contributed by atoms with Gasteiger partial charge < -0.3 is 5.32 Å². The van der Waals surface area contributed by atoms with Crippen LogP contribution in [-0.4, -0.2) is 21.2 Å². The molecule has 2 atom stereocenters. The minimum absolute atomic E-state index is 0.334. The third-order valence-electron chi connectivity index (χ3n) is 3.37. The molecule has 0 bridgehead atoms. The maximum absolute atomic E-state index is 11.9. The van der Waals surface area contributed by atoms with Crippen LogP contribution in [0.4, 0.5) is 16.3 Å². The fourth-order valence-corrected chi connectivity index (χ4v) is 2.44. The number of H-pyrrole nitrogens is 1. The highest BCUT2D eigenvalue weighted by Crippen LogP contribution is 2.46. The van der Waals surface area contributed by atoms with E-state index in [9.17, 15) is 4.79 Å². The van der Waals surface area contributed by atoms with Crippen molar-refractivity contribution in [1.82, 2.24) is 15.2 Å². The average Bonchev–Trinajstić information content (AvgIpc) is 2.96. The third-order valence-corrected chi connectivity index (χ3v) is 4.00. The Morgan fingerprint density at radius 2 is 2.30 bits per heavy atom. The van der Waals surface area contributed by atoms with Crippen LogP contribution in [0.2, 0.25) is 0 Å². The summed E-state index contributed by atoms with van der Waals surface area (Å²) in [5, 5.41) is 12.5. The fourth-order valence-electron chi connectivity index (χ4n) is 2.09. The summed E-state index contributed by atoms with van der Waals surface area (Å²) >= 11 is 3.32. The van der Waals surface area contributed by atoms with E-state index in [2.05, 4.69) is 48.7 Å². The quantitative estimate of drug-likeness (QED) is 0.804. The van der Waals surface area contributed by atoms with Crippen molar-refractivity contribution in [2.24, 2.45) is 5.92 Å². The number of anilines is 2. The number of aromatic nitrogens is 3. The zero-order valence-corrected chi connectivity index (χ0v) is 12.4. The van der Waals surface area contributed by atoms with Gasteiger partial charge in [0.05, 0.1) is 10.2 Å². The van der Waals surface area contributed by atoms with Crippen molar-refractivity contribution in [1.29, 1.82) is 0 Å². The zero-order valence-electron chi connectivity index (χ0n) is 10.9. The van der Waals surface area contributed by atoms with E-state index in [4.69, 9.17) is 0 Å². The topological polar surface area (TPSA) is 82.7 Å². The van der Waals surface area contributed by atoms with Crippen molar-refractivity contribution in [2.45, 2.75) is 19.3 Å². The predicted octanol–water partition coefficient (Wildman–Crippen LogP) is 3.33. The molecule has 0 aliphatic heterocycles. The van der Waals surface area contributed by atoms with Crippen LogP contribution in [0.5, 0.6) is 0 Å². The molecule has 0 radical (unpaired) electrons. The van der Waals surface area contributed by atoms with E-state index < -0.39 is 0 Å². The molecule has 20 heavy (non-hydrogen) atoms. The Kier molecular flexibility index (Phi) is 3.43. The highest BCUT2D eigenvalue weighted by molar-refractivity contribution is 9.10. The number of carbonyl (C=O) groups excluding carboxylic acids is 1. The minimum Gasteiger partial charge on any atom is -0.306 e. The van der Waals surface area contributed by atoms with Crippen molar-refractivity contribution < 1.29 is 4.79 Å². The zero-order chi connectivity index (χ0) is 14.1. The Morgan fingerprint density at radius 3 is 3.00 bits per heavy atom. The molecule has 3 rings (SSSR count). The molecule has 1 saturated carbocycles. The monoisotopic (exact) mass is 335 g/mol. The Balaban J connectivity index is 1.61. The Labute approximate surface area is 124 Å². The summed E-state index contributed by atoms with van der Waals surface area (Å²) in [5.74, 6) is 1.78. The van der Waals surface area contributed by atoms with Crippen molar-refractivity contribution in [2.75, 3.05) is 10.6 Å². The maximum atomic E-state index is 11.9. The molecule has 0 saturated heterocycles. The molecule has 1 aliphatic rings. The first-order chi connectivity index (χ1) is 9.63. The molecule has 1 aliphatic carbocycles. The van der Waals surface area contributed by atoms with E-state index in [1.807, 2.05) is 6.07 Å². The Bertz CT molecular complexity index is 641. The number of pyridine rings is 1. The van der Waals surface area contributed by atoms with Crippen molar-refractivity contribution in [3.63, 3.8) is 0 Å². The summed E-state index contributed by atoms with van der Waals surface area (Å²) in [6, 6.07) is 3.26. The first-order valence-electron chi connectivity index (χ1n) is 6.36. The highest BCUT2D eigenvalue weighted by Gasteiger charge is 2.35. The summed E-state index contributed by atoms with van der Waals surface area (Å²) in [4.78, 5) is 15.8. The van der Waals surface area contributed by atoms with Crippen LogP contribution in [0, 0.1) is 5.92 Å². The number of hydrogen-bond donors (Lipinski definition) is 3. The van der Waals surface area contributed by atoms with E-state index in [0.717, 1.165) is 10.2 Å². The summed E-state index contributed by atoms with van der Waals surface area (Å²) < 4.78 is 0.727. The average molecular weight is 336 g/mol. The van der Waals surface area contributed by atoms with E-state index in [0.29, 0.717) is 23.3 Å². The Morgan fingerprint density at radius 1 is 1.50 bits per heavy atom. The SMILES string of the molecule is CC1CC1c1cc(NC(=O)Nc2ccncc2Br)n[nH]1. The first-order valence-corrected chi connectivity index (χ1v) is 7.15. The van der Waals surface area contributed by atoms with Crippen LogP contribution >= 0.6 is 15.9 Å². The van der Waals surface area contributed by atoms with Crippen LogP contribution in [-0.2, 0) is 0 Å². The number of carbonyl (C=O) groups is 1. The molecular formula is C13H14BrN5O. The molecular weight excluding hydrogens is 322 g/mol. The molecule has 2 amide bonds. The summed E-state index contributed by atoms with van der Waals surface area (Å²) in [6.45, 7) is 2.20. The fraction of sp³-hybridized carbons (Fsp3) is 0.308. The number of nitrogens with one attached hydrogen (secondary N) is 3. The lowest BCUT2D eigenvalue weighted by Crippen LogP contribution is -2.19. The van der Waals surface area contributed by atoms with Gasteiger partial charge in [-0.05, 0) is 34.3 Å². The molecule has 6 nitrogen and oxygen atoms in total. The number of halogens is 1. The Hall–Kier alpha value is -1.89. The lowest BCUT2D eigenvalue weighted by atomic mass is 10.2. The number of rotatable bonds is 3. The molecule has 2 aromatic heterocycles. The van der Waals surface area contributed by atoms with Crippen LogP contribution in [0.1, 0.15) is 25.0 Å². The number of hydrogen-bond acceptors (Lipinski definition) is 3. The smallest absolute Gasteiger partial charge is 0.306 e. The first kappa shape index (κ1) is 13.1. The van der Waals surface area contributed by atoms with Crippen LogP contribution in [0.25, 0.3) is 0 Å². The normalized spacial score (nSPS) is 20.5. The second-order valence-electron chi connectivity index (χ2n) is 4.96. The lowest BCUT2D eigenvalue weighted by Gasteiger charge is -2.06. The van der Waals surface area contributed by atoms with Gasteiger partial charge in [0.2, 0.25) is 0 Å². The summed E-state index contributed by atoms with van der Waals surface area (Å²) in [7, 11) is 0. The van der Waals surface area contributed by atoms with Gasteiger partial charge in [-0.2, -0.15) is 5.10 Å². The maximum Gasteiger partial charge on any atom is 0.324 e. The van der Waals surface area contributed by atoms with Gasteiger partial charge in [-0.15, -0.1) is 0 Å². The molecule has 3 N–H and O–H groups in total. The van der Waals surface area contributed by atoms with Crippen LogP contribution in [0.3, 0.4) is 0 Å². The molecule has 1 fully saturated rings. The molecule has 2 unspecified atom stereocenters. The van der Waals surface area contributed by atoms with Gasteiger partial charge in [0.1, 0.15) is 0 Å². The van der Waals surface area contributed by atoms with Gasteiger partial charge in [-0.3, -0.25) is 15.4 Å². The van der Waals surface area contributed by atoms with Crippen LogP contribution in [0.15, 0.2) is 29.0 Å². The van der Waals surface area contributed by atoms with Gasteiger partial charge >= 0.3 is 6.03 Å². The van der Waals surface area contributed by atoms with Gasteiger partial charge in [0, 0.05) is 30.1 Å². The predicted molar refractivity (Wildman–Crippen MR) is 79.7 cm³/mol. The highest BCUT2D eigenvalue weighted by atomic mass is 79.9. The van der Waals surface area contributed by atoms with Gasteiger partial charge in [-0.1, -0.05) is 6.92 Å². The molecule has 104 valence electrons. The molecule has 2 heterocycles. The van der Waals surface area contributed by atoms with E-state index in [-0.39, 0.29) is 6.03 Å². The van der Waals surface area contributed by atoms with Gasteiger partial charge in [0.15, 0.2) is 5.82 Å². The standard InChI is InChI=1S/C13H14BrN5O/c1-7-4-8(7)11-5-12(19-18-11)17-13(20)16-10-2-3-15-6-9(10)14/h2-3,5-8H,4H2,1H3,(H3,15,16,17,18,19,20). The molecule has 0 aromatic carbocycles. The van der Waals surface area contributed by atoms with Crippen LogP contribution < -0.4 is 10.6 Å². The second kappa shape index (κ2) is 5.24. The second-order valence-corrected chi connectivity index (χ2v) is 5.82. The number of amides is 2. The lowest BCUT2D eigenvalue weighted by molar-refractivity contribution is 0.262. The van der Waals surface area contributed by atoms with E-state index >= 15 is 0 Å². The number of urea groups is 1. The number of aromatic amines is 1.